The number of aliphatic carboxylic acids is 1. The number of benzene rings is 1. The van der Waals surface area contributed by atoms with Gasteiger partial charge in [0.05, 0.1) is 11.6 Å². The zero-order valence-corrected chi connectivity index (χ0v) is 10.3. The van der Waals surface area contributed by atoms with E-state index >= 15 is 0 Å². The lowest BCUT2D eigenvalue weighted by Gasteiger charge is -2.14. The molecule has 1 atom stereocenters. The van der Waals surface area contributed by atoms with Gasteiger partial charge in [-0.3, -0.25) is 0 Å². The highest BCUT2D eigenvalue weighted by Crippen LogP contribution is 2.24. The van der Waals surface area contributed by atoms with Crippen LogP contribution in [-0.2, 0) is 4.79 Å². The molecule has 0 spiro atoms. The van der Waals surface area contributed by atoms with Crippen molar-refractivity contribution in [1.82, 2.24) is 0 Å². The van der Waals surface area contributed by atoms with Crippen LogP contribution in [0.15, 0.2) is 22.7 Å². The molecule has 16 heavy (non-hydrogen) atoms. The highest BCUT2D eigenvalue weighted by Gasteiger charge is 2.15. The number of halogens is 1. The molecule has 0 amide bonds. The van der Waals surface area contributed by atoms with E-state index in [1.54, 1.807) is 25.1 Å². The van der Waals surface area contributed by atoms with Crippen LogP contribution in [0.4, 0.5) is 5.69 Å². The Morgan fingerprint density at radius 2 is 2.38 bits per heavy atom. The maximum atomic E-state index is 10.8. The van der Waals surface area contributed by atoms with E-state index in [1.165, 1.54) is 0 Å². The Kier molecular flexibility index (Phi) is 4.32. The number of nitrogens with one attached hydrogen (secondary N) is 1. The summed E-state index contributed by atoms with van der Waals surface area (Å²) in [6.45, 7) is 1.79. The van der Waals surface area contributed by atoms with Crippen LogP contribution in [-0.4, -0.2) is 17.1 Å². The van der Waals surface area contributed by atoms with Gasteiger partial charge in [0.25, 0.3) is 0 Å². The Labute approximate surface area is 102 Å². The first-order chi connectivity index (χ1) is 7.58. The maximum Gasteiger partial charge on any atom is 0.326 e. The molecule has 1 aromatic rings. The normalized spacial score (nSPS) is 11.6. The Morgan fingerprint density at radius 3 is 2.81 bits per heavy atom. The lowest BCUT2D eigenvalue weighted by Crippen LogP contribution is -2.28. The number of nitrogens with zero attached hydrogens (tertiary/aromatic N) is 1. The van der Waals surface area contributed by atoms with E-state index < -0.39 is 12.0 Å². The van der Waals surface area contributed by atoms with Gasteiger partial charge in [-0.15, -0.1) is 0 Å². The average molecular weight is 283 g/mol. The second-order valence-electron chi connectivity index (χ2n) is 3.25. The number of nitriles is 1. The number of anilines is 1. The Bertz CT molecular complexity index is 440. The molecule has 0 fully saturated rings. The summed E-state index contributed by atoms with van der Waals surface area (Å²) in [5.74, 6) is -0.890. The van der Waals surface area contributed by atoms with Crippen LogP contribution in [0.3, 0.4) is 0 Å². The van der Waals surface area contributed by atoms with Crippen LogP contribution in [0, 0.1) is 11.3 Å². The summed E-state index contributed by atoms with van der Waals surface area (Å²) >= 11 is 3.29. The quantitative estimate of drug-likeness (QED) is 0.890. The van der Waals surface area contributed by atoms with Gasteiger partial charge >= 0.3 is 5.97 Å². The molecule has 0 aliphatic carbocycles. The predicted octanol–water partition coefficient (Wildman–Crippen LogP) is 2.60. The van der Waals surface area contributed by atoms with E-state index in [2.05, 4.69) is 21.2 Å². The summed E-state index contributed by atoms with van der Waals surface area (Å²) in [5, 5.41) is 20.5. The minimum atomic E-state index is -0.890. The fraction of sp³-hybridized carbons (Fsp3) is 0.273. The topological polar surface area (TPSA) is 73.1 Å². The zero-order valence-electron chi connectivity index (χ0n) is 8.70. The molecule has 84 valence electrons. The zero-order chi connectivity index (χ0) is 12.1. The lowest BCUT2D eigenvalue weighted by atomic mass is 10.2. The molecular weight excluding hydrogens is 272 g/mol. The fourth-order valence-corrected chi connectivity index (χ4v) is 1.72. The first-order valence-corrected chi connectivity index (χ1v) is 5.56. The predicted molar refractivity (Wildman–Crippen MR) is 64.2 cm³/mol. The summed E-state index contributed by atoms with van der Waals surface area (Å²) in [5.41, 5.74) is 1.20. The Morgan fingerprint density at radius 1 is 1.69 bits per heavy atom. The molecule has 0 radical (unpaired) electrons. The van der Waals surface area contributed by atoms with Crippen molar-refractivity contribution in [1.29, 1.82) is 5.26 Å². The van der Waals surface area contributed by atoms with Crippen LogP contribution < -0.4 is 5.32 Å². The van der Waals surface area contributed by atoms with Gasteiger partial charge in [-0.1, -0.05) is 6.92 Å². The van der Waals surface area contributed by atoms with Gasteiger partial charge in [0.15, 0.2) is 0 Å². The molecule has 0 saturated heterocycles. The van der Waals surface area contributed by atoms with Crippen molar-refractivity contribution in [3.8, 4) is 6.07 Å². The van der Waals surface area contributed by atoms with Gasteiger partial charge in [-0.2, -0.15) is 5.26 Å². The average Bonchev–Trinajstić information content (AvgIpc) is 2.26. The molecule has 1 unspecified atom stereocenters. The van der Waals surface area contributed by atoms with Gasteiger partial charge < -0.3 is 10.4 Å². The van der Waals surface area contributed by atoms with Crippen molar-refractivity contribution in [2.75, 3.05) is 5.32 Å². The number of carboxylic acids is 1. The Hall–Kier alpha value is -1.54. The van der Waals surface area contributed by atoms with Gasteiger partial charge in [0.2, 0.25) is 0 Å². The molecule has 5 heteroatoms. The third-order valence-electron chi connectivity index (χ3n) is 2.13. The van der Waals surface area contributed by atoms with E-state index in [9.17, 15) is 4.79 Å². The Balaban J connectivity index is 2.90. The summed E-state index contributed by atoms with van der Waals surface area (Å²) in [6, 6.07) is 6.37. The van der Waals surface area contributed by atoms with E-state index in [0.717, 1.165) is 0 Å². The first-order valence-electron chi connectivity index (χ1n) is 4.77. The summed E-state index contributed by atoms with van der Waals surface area (Å²) < 4.78 is 0.686. The van der Waals surface area contributed by atoms with Gasteiger partial charge in [0.1, 0.15) is 6.04 Å². The third kappa shape index (κ3) is 2.97. The van der Waals surface area contributed by atoms with E-state index in [4.69, 9.17) is 10.4 Å². The van der Waals surface area contributed by atoms with Crippen LogP contribution in [0.25, 0.3) is 0 Å². The standard InChI is InChI=1S/C11H11BrN2O2/c1-2-9(11(15)16)14-10-4-3-7(6-13)5-8(10)12/h3-5,9,14H,2H2,1H3,(H,15,16). The third-order valence-corrected chi connectivity index (χ3v) is 2.79. The largest absolute Gasteiger partial charge is 0.480 e. The highest BCUT2D eigenvalue weighted by atomic mass is 79.9. The lowest BCUT2D eigenvalue weighted by molar-refractivity contribution is -0.137. The van der Waals surface area contributed by atoms with Crippen molar-refractivity contribution in [2.24, 2.45) is 0 Å². The molecule has 0 saturated carbocycles. The molecule has 2 N–H and O–H groups in total. The van der Waals surface area contributed by atoms with E-state index in [-0.39, 0.29) is 0 Å². The van der Waals surface area contributed by atoms with Gasteiger partial charge in [-0.05, 0) is 40.5 Å². The van der Waals surface area contributed by atoms with Crippen molar-refractivity contribution >= 4 is 27.6 Å². The number of rotatable bonds is 4. The van der Waals surface area contributed by atoms with Crippen molar-refractivity contribution in [2.45, 2.75) is 19.4 Å². The van der Waals surface area contributed by atoms with Crippen molar-refractivity contribution in [3.63, 3.8) is 0 Å². The summed E-state index contributed by atoms with van der Waals surface area (Å²) in [4.78, 5) is 10.8. The molecule has 4 nitrogen and oxygen atoms in total. The van der Waals surface area contributed by atoms with Crippen LogP contribution in [0.5, 0.6) is 0 Å². The smallest absolute Gasteiger partial charge is 0.326 e. The molecule has 0 bridgehead atoms. The van der Waals surface area contributed by atoms with Crippen molar-refractivity contribution in [3.05, 3.63) is 28.2 Å². The van der Waals surface area contributed by atoms with Crippen LogP contribution in [0.1, 0.15) is 18.9 Å². The van der Waals surface area contributed by atoms with E-state index in [0.29, 0.717) is 22.1 Å². The SMILES string of the molecule is CCC(Nc1ccc(C#N)cc1Br)C(=O)O. The molecule has 0 aromatic heterocycles. The van der Waals surface area contributed by atoms with Gasteiger partial charge in [-0.25, -0.2) is 4.79 Å². The molecule has 0 aliphatic heterocycles. The molecule has 0 aliphatic rings. The number of hydrogen-bond donors (Lipinski definition) is 2. The highest BCUT2D eigenvalue weighted by molar-refractivity contribution is 9.10. The first kappa shape index (κ1) is 12.5. The fourth-order valence-electron chi connectivity index (χ4n) is 1.23. The van der Waals surface area contributed by atoms with Crippen LogP contribution >= 0.6 is 15.9 Å². The minimum absolute atomic E-state index is 0.488. The summed E-state index contributed by atoms with van der Waals surface area (Å²) in [6.07, 6.45) is 0.488. The second kappa shape index (κ2) is 5.52. The number of carbonyl (C=O) groups is 1. The summed E-state index contributed by atoms with van der Waals surface area (Å²) in [7, 11) is 0. The minimum Gasteiger partial charge on any atom is -0.480 e. The second-order valence-corrected chi connectivity index (χ2v) is 4.10. The molecule has 1 aromatic carbocycles. The molecular formula is C11H11BrN2O2. The van der Waals surface area contributed by atoms with E-state index in [1.807, 2.05) is 6.07 Å². The monoisotopic (exact) mass is 282 g/mol. The molecule has 1 rings (SSSR count). The maximum absolute atomic E-state index is 10.8. The van der Waals surface area contributed by atoms with Crippen molar-refractivity contribution < 1.29 is 9.90 Å². The van der Waals surface area contributed by atoms with Crippen LogP contribution in [0.2, 0.25) is 0 Å². The van der Waals surface area contributed by atoms with Gasteiger partial charge in [0, 0.05) is 10.2 Å². The number of hydrogen-bond acceptors (Lipinski definition) is 3. The molecule has 0 heterocycles. The number of carboxylic acid groups (broad SMARTS) is 1.